The van der Waals surface area contributed by atoms with Crippen LogP contribution in [0.5, 0.6) is 0 Å². The lowest BCUT2D eigenvalue weighted by molar-refractivity contribution is -0.182. The molecular formula is C19H36F3N5O. The number of carbonyl (C=O) groups excluding carboxylic acids is 1. The van der Waals surface area contributed by atoms with Gasteiger partial charge in [-0.2, -0.15) is 13.2 Å². The van der Waals surface area contributed by atoms with Gasteiger partial charge in [0.05, 0.1) is 12.1 Å². The van der Waals surface area contributed by atoms with E-state index in [0.29, 0.717) is 18.8 Å². The van der Waals surface area contributed by atoms with Gasteiger partial charge in [0.1, 0.15) is 6.29 Å². The van der Waals surface area contributed by atoms with E-state index in [1.807, 2.05) is 0 Å². The topological polar surface area (TPSA) is 77.2 Å². The minimum absolute atomic E-state index is 0.0772. The molecule has 0 bridgehead atoms. The molecule has 164 valence electrons. The molecule has 0 radical (unpaired) electrons. The highest BCUT2D eigenvalue weighted by molar-refractivity contribution is 5.74. The summed E-state index contributed by atoms with van der Waals surface area (Å²) in [4.78, 5) is 12.3. The van der Waals surface area contributed by atoms with Crippen molar-refractivity contribution in [2.24, 2.45) is 11.8 Å². The highest BCUT2D eigenvalue weighted by atomic mass is 19.4. The van der Waals surface area contributed by atoms with Crippen LogP contribution in [0, 0.1) is 11.8 Å². The molecule has 0 aromatic carbocycles. The van der Waals surface area contributed by atoms with Crippen molar-refractivity contribution < 1.29 is 18.0 Å². The van der Waals surface area contributed by atoms with Gasteiger partial charge in [0.25, 0.3) is 0 Å². The first-order valence-electron chi connectivity index (χ1n) is 10.5. The van der Waals surface area contributed by atoms with Crippen molar-refractivity contribution >= 4 is 6.03 Å². The van der Waals surface area contributed by atoms with Crippen LogP contribution < -0.4 is 26.6 Å². The second-order valence-electron chi connectivity index (χ2n) is 8.65. The molecule has 1 saturated carbocycles. The number of halogens is 3. The van der Waals surface area contributed by atoms with Gasteiger partial charge in [-0.3, -0.25) is 10.6 Å². The van der Waals surface area contributed by atoms with E-state index in [9.17, 15) is 18.0 Å². The Morgan fingerprint density at radius 2 is 1.79 bits per heavy atom. The van der Waals surface area contributed by atoms with Crippen LogP contribution in [-0.2, 0) is 0 Å². The molecule has 3 atom stereocenters. The molecule has 2 amide bonds. The summed E-state index contributed by atoms with van der Waals surface area (Å²) in [7, 11) is 0. The van der Waals surface area contributed by atoms with Gasteiger partial charge in [0, 0.05) is 12.1 Å². The summed E-state index contributed by atoms with van der Waals surface area (Å²) in [5, 5.41) is 15.7. The average Bonchev–Trinajstić information content (AvgIpc) is 2.57. The largest absolute Gasteiger partial charge is 0.391 e. The lowest BCUT2D eigenvalue weighted by atomic mass is 9.86. The summed E-state index contributed by atoms with van der Waals surface area (Å²) in [6, 6.07) is -0.325. The second kappa shape index (κ2) is 10.6. The highest BCUT2D eigenvalue weighted by Gasteiger charge is 2.41. The van der Waals surface area contributed by atoms with Gasteiger partial charge in [0.15, 0.2) is 0 Å². The number of amides is 2. The lowest BCUT2D eigenvalue weighted by Crippen LogP contribution is -2.68. The molecule has 1 aliphatic carbocycles. The molecule has 28 heavy (non-hydrogen) atoms. The van der Waals surface area contributed by atoms with Crippen molar-refractivity contribution in [3.05, 3.63) is 0 Å². The highest BCUT2D eigenvalue weighted by Crippen LogP contribution is 2.37. The monoisotopic (exact) mass is 407 g/mol. The molecular weight excluding hydrogens is 371 g/mol. The summed E-state index contributed by atoms with van der Waals surface area (Å²) >= 11 is 0. The van der Waals surface area contributed by atoms with Gasteiger partial charge >= 0.3 is 12.2 Å². The van der Waals surface area contributed by atoms with Crippen molar-refractivity contribution in [1.29, 1.82) is 0 Å². The third-order valence-corrected chi connectivity index (χ3v) is 5.56. The maximum atomic E-state index is 12.7. The Balaban J connectivity index is 1.69. The number of hydrogen-bond acceptors (Lipinski definition) is 4. The number of hydrogen-bond donors (Lipinski definition) is 5. The Bertz CT molecular complexity index is 481. The Morgan fingerprint density at radius 1 is 1.11 bits per heavy atom. The number of carbonyl (C=O) groups is 1. The van der Waals surface area contributed by atoms with Gasteiger partial charge in [0.2, 0.25) is 0 Å². The van der Waals surface area contributed by atoms with E-state index < -0.39 is 12.1 Å². The van der Waals surface area contributed by atoms with Crippen molar-refractivity contribution in [2.45, 2.75) is 96.4 Å². The first kappa shape index (κ1) is 23.2. The van der Waals surface area contributed by atoms with Crippen LogP contribution in [-0.4, -0.2) is 43.3 Å². The fourth-order valence-electron chi connectivity index (χ4n) is 3.96. The molecule has 1 saturated heterocycles. The molecule has 9 heteroatoms. The molecule has 1 aliphatic heterocycles. The third kappa shape index (κ3) is 8.13. The predicted octanol–water partition coefficient (Wildman–Crippen LogP) is 3.01. The molecule has 2 fully saturated rings. The summed E-state index contributed by atoms with van der Waals surface area (Å²) in [5.74, 6) is -0.551. The van der Waals surface area contributed by atoms with Gasteiger partial charge < -0.3 is 16.0 Å². The van der Waals surface area contributed by atoms with Crippen molar-refractivity contribution in [1.82, 2.24) is 26.6 Å². The van der Waals surface area contributed by atoms with Crippen molar-refractivity contribution in [3.8, 4) is 0 Å². The quantitative estimate of drug-likeness (QED) is 0.421. The molecule has 5 N–H and O–H groups in total. The Hall–Kier alpha value is -1.06. The Labute approximate surface area is 166 Å². The SMILES string of the molecule is CC(C)CCCNC1CC(C)NC(NC(=O)NC2CCC(C(F)(F)F)CC2)N1. The Kier molecular flexibility index (Phi) is 8.82. The van der Waals surface area contributed by atoms with Crippen molar-refractivity contribution in [2.75, 3.05) is 6.54 Å². The number of alkyl halides is 3. The van der Waals surface area contributed by atoms with Gasteiger partial charge in [-0.15, -0.1) is 0 Å². The smallest absolute Gasteiger partial charge is 0.335 e. The molecule has 2 aliphatic rings. The van der Waals surface area contributed by atoms with E-state index in [0.717, 1.165) is 19.4 Å². The zero-order valence-electron chi connectivity index (χ0n) is 17.2. The summed E-state index contributed by atoms with van der Waals surface area (Å²) < 4.78 is 38.2. The molecule has 0 spiro atoms. The first-order chi connectivity index (χ1) is 13.1. The zero-order valence-corrected chi connectivity index (χ0v) is 17.2. The van der Waals surface area contributed by atoms with Gasteiger partial charge in [-0.1, -0.05) is 13.8 Å². The fourth-order valence-corrected chi connectivity index (χ4v) is 3.96. The minimum Gasteiger partial charge on any atom is -0.335 e. The number of rotatable bonds is 7. The van der Waals surface area contributed by atoms with Crippen molar-refractivity contribution in [3.63, 3.8) is 0 Å². The lowest BCUT2D eigenvalue weighted by Gasteiger charge is -2.37. The van der Waals surface area contributed by atoms with E-state index in [1.165, 1.54) is 6.42 Å². The van der Waals surface area contributed by atoms with Crippen LogP contribution in [0.1, 0.15) is 65.7 Å². The van der Waals surface area contributed by atoms with E-state index >= 15 is 0 Å². The van der Waals surface area contributed by atoms with E-state index in [-0.39, 0.29) is 43.4 Å². The van der Waals surface area contributed by atoms with Crippen LogP contribution in [0.15, 0.2) is 0 Å². The normalized spacial score (nSPS) is 31.6. The third-order valence-electron chi connectivity index (χ3n) is 5.56. The van der Waals surface area contributed by atoms with Gasteiger partial charge in [-0.25, -0.2) is 4.79 Å². The minimum atomic E-state index is -4.13. The molecule has 2 rings (SSSR count). The predicted molar refractivity (Wildman–Crippen MR) is 103 cm³/mol. The summed E-state index contributed by atoms with van der Waals surface area (Å²) in [6.07, 6.45) is -0.334. The molecule has 0 aromatic rings. The maximum Gasteiger partial charge on any atom is 0.391 e. The van der Waals surface area contributed by atoms with Crippen LogP contribution in [0.2, 0.25) is 0 Å². The maximum absolute atomic E-state index is 12.7. The molecule has 1 heterocycles. The van der Waals surface area contributed by atoms with Crippen LogP contribution >= 0.6 is 0 Å². The molecule has 3 unspecified atom stereocenters. The number of urea groups is 1. The average molecular weight is 408 g/mol. The first-order valence-corrected chi connectivity index (χ1v) is 10.5. The van der Waals surface area contributed by atoms with Gasteiger partial charge in [-0.05, 0) is 64.3 Å². The molecule has 0 aromatic heterocycles. The van der Waals surface area contributed by atoms with E-state index in [4.69, 9.17) is 0 Å². The van der Waals surface area contributed by atoms with Crippen LogP contribution in [0.25, 0.3) is 0 Å². The molecule has 6 nitrogen and oxygen atoms in total. The van der Waals surface area contributed by atoms with E-state index in [2.05, 4.69) is 47.4 Å². The summed E-state index contributed by atoms with van der Waals surface area (Å²) in [5.41, 5.74) is 0. The number of nitrogens with one attached hydrogen (secondary N) is 5. The van der Waals surface area contributed by atoms with Crippen LogP contribution in [0.4, 0.5) is 18.0 Å². The van der Waals surface area contributed by atoms with E-state index in [1.54, 1.807) is 0 Å². The summed E-state index contributed by atoms with van der Waals surface area (Å²) in [6.45, 7) is 7.40. The van der Waals surface area contributed by atoms with Crippen LogP contribution in [0.3, 0.4) is 0 Å². The zero-order chi connectivity index (χ0) is 20.7. The second-order valence-corrected chi connectivity index (χ2v) is 8.65. The fraction of sp³-hybridized carbons (Fsp3) is 0.947. The Morgan fingerprint density at radius 3 is 2.39 bits per heavy atom. The standard InChI is InChI=1S/C19H36F3N5O/c1-12(2)5-4-10-23-16-11-13(3)24-17(26-16)27-18(28)25-15-8-6-14(7-9-15)19(20,21)22/h12-17,23-24,26H,4-11H2,1-3H3,(H2,25,27,28).